The van der Waals surface area contributed by atoms with Crippen molar-refractivity contribution in [3.63, 3.8) is 0 Å². The van der Waals surface area contributed by atoms with Gasteiger partial charge in [0.05, 0.1) is 12.5 Å². The van der Waals surface area contributed by atoms with Gasteiger partial charge in [0.1, 0.15) is 0 Å². The van der Waals surface area contributed by atoms with Crippen LogP contribution in [0.1, 0.15) is 18.9 Å². The second-order valence-corrected chi connectivity index (χ2v) is 5.05. The largest absolute Gasteiger partial charge is 0.398 e. The zero-order valence-electron chi connectivity index (χ0n) is 10.7. The van der Waals surface area contributed by atoms with E-state index in [0.29, 0.717) is 18.7 Å². The van der Waals surface area contributed by atoms with E-state index in [1.165, 1.54) is 0 Å². The molecule has 2 rings (SSSR count). The number of rotatable bonds is 2. The zero-order valence-corrected chi connectivity index (χ0v) is 10.7. The molecule has 4 heteroatoms. The van der Waals surface area contributed by atoms with Gasteiger partial charge < -0.3 is 15.7 Å². The second-order valence-electron chi connectivity index (χ2n) is 5.05. The molecular formula is C14H20N2O2. The number of anilines is 1. The molecule has 1 heterocycles. The third-order valence-corrected chi connectivity index (χ3v) is 3.67. The van der Waals surface area contributed by atoms with E-state index in [1.807, 2.05) is 25.1 Å². The number of para-hydroxylation sites is 1. The lowest BCUT2D eigenvalue weighted by Crippen LogP contribution is -2.46. The molecule has 0 spiro atoms. The fraction of sp³-hybridized carbons (Fsp3) is 0.500. The van der Waals surface area contributed by atoms with Crippen molar-refractivity contribution >= 4 is 11.6 Å². The normalized spacial score (nSPS) is 24.0. The number of aliphatic hydroxyl groups is 1. The molecule has 2 unspecified atom stereocenters. The number of piperidine rings is 1. The lowest BCUT2D eigenvalue weighted by atomic mass is 9.95. The average molecular weight is 248 g/mol. The second kappa shape index (κ2) is 5.40. The van der Waals surface area contributed by atoms with Gasteiger partial charge in [-0.15, -0.1) is 0 Å². The zero-order chi connectivity index (χ0) is 13.1. The SMILES string of the molecule is CC1CCN(C(=O)Cc2ccccc2N)CC1O. The van der Waals surface area contributed by atoms with Gasteiger partial charge in [-0.1, -0.05) is 25.1 Å². The first-order chi connectivity index (χ1) is 8.58. The maximum Gasteiger partial charge on any atom is 0.227 e. The summed E-state index contributed by atoms with van der Waals surface area (Å²) in [6.07, 6.45) is 0.765. The molecule has 0 aromatic heterocycles. The molecule has 0 bridgehead atoms. The van der Waals surface area contributed by atoms with Crippen molar-refractivity contribution in [2.24, 2.45) is 5.92 Å². The minimum Gasteiger partial charge on any atom is -0.398 e. The number of nitrogen functional groups attached to an aromatic ring is 1. The first-order valence-corrected chi connectivity index (χ1v) is 6.37. The van der Waals surface area contributed by atoms with Crippen LogP contribution in [0.4, 0.5) is 5.69 Å². The van der Waals surface area contributed by atoms with Crippen molar-refractivity contribution in [1.82, 2.24) is 4.90 Å². The molecule has 0 radical (unpaired) electrons. The Labute approximate surface area is 107 Å². The number of hydrogen-bond donors (Lipinski definition) is 2. The summed E-state index contributed by atoms with van der Waals surface area (Å²) in [6.45, 7) is 3.18. The van der Waals surface area contributed by atoms with Gasteiger partial charge in [-0.25, -0.2) is 0 Å². The molecule has 1 aliphatic rings. The number of carbonyl (C=O) groups excluding carboxylic acids is 1. The van der Waals surface area contributed by atoms with E-state index in [2.05, 4.69) is 0 Å². The molecule has 3 N–H and O–H groups in total. The number of nitrogens with zero attached hydrogens (tertiary/aromatic N) is 1. The van der Waals surface area contributed by atoms with Gasteiger partial charge in [-0.3, -0.25) is 4.79 Å². The Kier molecular flexibility index (Phi) is 3.87. The number of aliphatic hydroxyl groups excluding tert-OH is 1. The Morgan fingerprint density at radius 2 is 2.22 bits per heavy atom. The van der Waals surface area contributed by atoms with Crippen LogP contribution >= 0.6 is 0 Å². The Bertz CT molecular complexity index is 434. The van der Waals surface area contributed by atoms with Crippen LogP contribution in [0.3, 0.4) is 0 Å². The topological polar surface area (TPSA) is 66.6 Å². The van der Waals surface area contributed by atoms with Crippen LogP contribution in [0.15, 0.2) is 24.3 Å². The van der Waals surface area contributed by atoms with Crippen LogP contribution in [-0.2, 0) is 11.2 Å². The summed E-state index contributed by atoms with van der Waals surface area (Å²) in [6, 6.07) is 7.41. The van der Waals surface area contributed by atoms with Crippen LogP contribution < -0.4 is 5.73 Å². The predicted octanol–water partition coefficient (Wildman–Crippen LogP) is 1.04. The lowest BCUT2D eigenvalue weighted by molar-refractivity contribution is -0.134. The number of amides is 1. The Balaban J connectivity index is 1.99. The maximum atomic E-state index is 12.1. The van der Waals surface area contributed by atoms with E-state index in [0.717, 1.165) is 18.5 Å². The number of nitrogens with two attached hydrogens (primary N) is 1. The first-order valence-electron chi connectivity index (χ1n) is 6.37. The summed E-state index contributed by atoms with van der Waals surface area (Å²) in [4.78, 5) is 13.9. The van der Waals surface area contributed by atoms with Crippen LogP contribution in [-0.4, -0.2) is 35.1 Å². The molecule has 1 aliphatic heterocycles. The Morgan fingerprint density at radius 3 is 2.89 bits per heavy atom. The minimum atomic E-state index is -0.407. The van der Waals surface area contributed by atoms with Crippen LogP contribution in [0.2, 0.25) is 0 Å². The molecule has 4 nitrogen and oxygen atoms in total. The van der Waals surface area contributed by atoms with Crippen molar-refractivity contribution in [2.75, 3.05) is 18.8 Å². The van der Waals surface area contributed by atoms with Gasteiger partial charge in [-0.2, -0.15) is 0 Å². The smallest absolute Gasteiger partial charge is 0.227 e. The number of benzene rings is 1. The third kappa shape index (κ3) is 2.82. The molecule has 1 aromatic carbocycles. The highest BCUT2D eigenvalue weighted by Gasteiger charge is 2.27. The molecule has 18 heavy (non-hydrogen) atoms. The van der Waals surface area contributed by atoms with E-state index in [4.69, 9.17) is 5.73 Å². The van der Waals surface area contributed by atoms with Crippen LogP contribution in [0, 0.1) is 5.92 Å². The number of β-amino-alcohol motifs (C(OH)–C–C–N with tert-alkyl or cyclic N) is 1. The van der Waals surface area contributed by atoms with E-state index >= 15 is 0 Å². The van der Waals surface area contributed by atoms with E-state index < -0.39 is 6.10 Å². The maximum absolute atomic E-state index is 12.1. The summed E-state index contributed by atoms with van der Waals surface area (Å²) in [5.41, 5.74) is 7.33. The highest BCUT2D eigenvalue weighted by molar-refractivity contribution is 5.80. The molecule has 98 valence electrons. The Hall–Kier alpha value is -1.55. The van der Waals surface area contributed by atoms with Gasteiger partial charge in [0.2, 0.25) is 5.91 Å². The molecule has 1 amide bonds. The number of likely N-dealkylation sites (tertiary alicyclic amines) is 1. The molecule has 1 aromatic rings. The summed E-state index contributed by atoms with van der Waals surface area (Å²) in [5.74, 6) is 0.315. The summed E-state index contributed by atoms with van der Waals surface area (Å²) < 4.78 is 0. The van der Waals surface area contributed by atoms with Crippen molar-refractivity contribution in [1.29, 1.82) is 0 Å². The van der Waals surface area contributed by atoms with Gasteiger partial charge >= 0.3 is 0 Å². The molecule has 0 aliphatic carbocycles. The third-order valence-electron chi connectivity index (χ3n) is 3.67. The van der Waals surface area contributed by atoms with Gasteiger partial charge in [-0.05, 0) is 24.0 Å². The Morgan fingerprint density at radius 1 is 1.50 bits per heavy atom. The van der Waals surface area contributed by atoms with Gasteiger partial charge in [0, 0.05) is 18.8 Å². The molecule has 1 saturated heterocycles. The highest BCUT2D eigenvalue weighted by Crippen LogP contribution is 2.19. The van der Waals surface area contributed by atoms with E-state index in [1.54, 1.807) is 11.0 Å². The number of carbonyl (C=O) groups is 1. The van der Waals surface area contributed by atoms with Crippen LogP contribution in [0.5, 0.6) is 0 Å². The summed E-state index contributed by atoms with van der Waals surface area (Å²) in [5, 5.41) is 9.80. The average Bonchev–Trinajstić information content (AvgIpc) is 2.35. The van der Waals surface area contributed by atoms with Crippen molar-refractivity contribution in [3.05, 3.63) is 29.8 Å². The quantitative estimate of drug-likeness (QED) is 0.769. The standard InChI is InChI=1S/C14H20N2O2/c1-10-6-7-16(9-13(10)17)14(18)8-11-4-2-3-5-12(11)15/h2-5,10,13,17H,6-9,15H2,1H3. The predicted molar refractivity (Wildman–Crippen MR) is 70.9 cm³/mol. The number of hydrogen-bond acceptors (Lipinski definition) is 3. The minimum absolute atomic E-state index is 0.0406. The monoisotopic (exact) mass is 248 g/mol. The highest BCUT2D eigenvalue weighted by atomic mass is 16.3. The molecule has 0 saturated carbocycles. The first kappa shape index (κ1) is 12.9. The van der Waals surface area contributed by atoms with Gasteiger partial charge in [0.25, 0.3) is 0 Å². The molecular weight excluding hydrogens is 228 g/mol. The van der Waals surface area contributed by atoms with Crippen LogP contribution in [0.25, 0.3) is 0 Å². The van der Waals surface area contributed by atoms with Crippen molar-refractivity contribution in [2.45, 2.75) is 25.9 Å². The molecule has 1 fully saturated rings. The fourth-order valence-corrected chi connectivity index (χ4v) is 2.25. The lowest BCUT2D eigenvalue weighted by Gasteiger charge is -2.34. The van der Waals surface area contributed by atoms with E-state index in [9.17, 15) is 9.90 Å². The van der Waals surface area contributed by atoms with Gasteiger partial charge in [0.15, 0.2) is 0 Å². The van der Waals surface area contributed by atoms with Crippen molar-refractivity contribution < 1.29 is 9.90 Å². The summed E-state index contributed by atoms with van der Waals surface area (Å²) in [7, 11) is 0. The summed E-state index contributed by atoms with van der Waals surface area (Å²) >= 11 is 0. The van der Waals surface area contributed by atoms with Crippen molar-refractivity contribution in [3.8, 4) is 0 Å². The molecule has 2 atom stereocenters. The van der Waals surface area contributed by atoms with E-state index in [-0.39, 0.29) is 11.8 Å². The fourth-order valence-electron chi connectivity index (χ4n) is 2.25.